The van der Waals surface area contributed by atoms with Crippen LogP contribution in [0.25, 0.3) is 10.9 Å². The second-order valence-electron chi connectivity index (χ2n) is 5.21. The zero-order chi connectivity index (χ0) is 14.1. The van der Waals surface area contributed by atoms with Gasteiger partial charge in [-0.15, -0.1) is 0 Å². The molecular weight excluding hydrogens is 272 g/mol. The van der Waals surface area contributed by atoms with Gasteiger partial charge < -0.3 is 4.90 Å². The van der Waals surface area contributed by atoms with E-state index in [4.69, 9.17) is 11.6 Å². The molecule has 4 heteroatoms. The van der Waals surface area contributed by atoms with E-state index in [1.807, 2.05) is 29.2 Å². The Morgan fingerprint density at radius 2 is 2.25 bits per heavy atom. The Balaban J connectivity index is 2.07. The Morgan fingerprint density at radius 1 is 1.45 bits per heavy atom. The van der Waals surface area contributed by atoms with Gasteiger partial charge in [0.05, 0.1) is 11.1 Å². The molecule has 0 bridgehead atoms. The summed E-state index contributed by atoms with van der Waals surface area (Å²) in [6.07, 6.45) is 3.18. The lowest BCUT2D eigenvalue weighted by molar-refractivity contribution is 0.0735. The summed E-state index contributed by atoms with van der Waals surface area (Å²) >= 11 is 6.06. The van der Waals surface area contributed by atoms with E-state index in [1.165, 1.54) is 0 Å². The average Bonchev–Trinajstić information content (AvgIpc) is 2.94. The Bertz CT molecular complexity index is 656. The summed E-state index contributed by atoms with van der Waals surface area (Å²) < 4.78 is 0. The Morgan fingerprint density at radius 3 is 3.05 bits per heavy atom. The number of aromatic nitrogens is 1. The van der Waals surface area contributed by atoms with E-state index < -0.39 is 0 Å². The minimum absolute atomic E-state index is 0.0786. The molecule has 1 aromatic carbocycles. The van der Waals surface area contributed by atoms with Crippen molar-refractivity contribution < 1.29 is 4.79 Å². The van der Waals surface area contributed by atoms with Crippen LogP contribution in [0.4, 0.5) is 0 Å². The fourth-order valence-electron chi connectivity index (χ4n) is 3.00. The van der Waals surface area contributed by atoms with Crippen LogP contribution in [-0.2, 0) is 0 Å². The van der Waals surface area contributed by atoms with Crippen LogP contribution in [0.1, 0.15) is 36.5 Å². The first kappa shape index (κ1) is 13.4. The number of halogens is 1. The van der Waals surface area contributed by atoms with Crippen LogP contribution in [0.2, 0.25) is 5.15 Å². The third-order valence-electron chi connectivity index (χ3n) is 4.02. The molecule has 2 heterocycles. The van der Waals surface area contributed by atoms with Crippen molar-refractivity contribution in [2.24, 2.45) is 0 Å². The smallest absolute Gasteiger partial charge is 0.254 e. The van der Waals surface area contributed by atoms with Gasteiger partial charge in [-0.3, -0.25) is 4.79 Å². The highest BCUT2D eigenvalue weighted by Gasteiger charge is 2.29. The zero-order valence-electron chi connectivity index (χ0n) is 11.5. The van der Waals surface area contributed by atoms with Crippen molar-refractivity contribution in [3.63, 3.8) is 0 Å². The minimum Gasteiger partial charge on any atom is -0.336 e. The number of rotatable bonds is 2. The van der Waals surface area contributed by atoms with Gasteiger partial charge in [-0.1, -0.05) is 36.7 Å². The molecule has 0 spiro atoms. The maximum atomic E-state index is 12.8. The molecular formula is C16H17ClN2O. The zero-order valence-corrected chi connectivity index (χ0v) is 12.2. The lowest BCUT2D eigenvalue weighted by Gasteiger charge is -2.24. The summed E-state index contributed by atoms with van der Waals surface area (Å²) in [6, 6.07) is 9.70. The van der Waals surface area contributed by atoms with Gasteiger partial charge >= 0.3 is 0 Å². The average molecular weight is 289 g/mol. The van der Waals surface area contributed by atoms with E-state index in [2.05, 4.69) is 11.9 Å². The molecule has 0 saturated carbocycles. The highest BCUT2D eigenvalue weighted by molar-refractivity contribution is 6.30. The van der Waals surface area contributed by atoms with Crippen molar-refractivity contribution in [1.29, 1.82) is 0 Å². The SMILES string of the molecule is CCC1CCCN1C(=O)c1cc(Cl)nc2ccccc12. The minimum atomic E-state index is 0.0786. The number of carbonyl (C=O) groups is 1. The predicted molar refractivity (Wildman–Crippen MR) is 81.1 cm³/mol. The molecule has 0 radical (unpaired) electrons. The summed E-state index contributed by atoms with van der Waals surface area (Å²) in [5.41, 5.74) is 1.44. The summed E-state index contributed by atoms with van der Waals surface area (Å²) in [5, 5.41) is 1.25. The van der Waals surface area contributed by atoms with Gasteiger partial charge in [0.25, 0.3) is 5.91 Å². The number of nitrogens with zero attached hydrogens (tertiary/aromatic N) is 2. The Labute approximate surface area is 123 Å². The summed E-state index contributed by atoms with van der Waals surface area (Å²) in [6.45, 7) is 2.97. The van der Waals surface area contributed by atoms with Crippen molar-refractivity contribution >= 4 is 28.4 Å². The molecule has 0 N–H and O–H groups in total. The Kier molecular flexibility index (Phi) is 3.62. The van der Waals surface area contributed by atoms with E-state index in [0.717, 1.165) is 36.7 Å². The molecule has 1 unspecified atom stereocenters. The number of amides is 1. The molecule has 1 aliphatic heterocycles. The quantitative estimate of drug-likeness (QED) is 0.785. The molecule has 20 heavy (non-hydrogen) atoms. The highest BCUT2D eigenvalue weighted by Crippen LogP contribution is 2.27. The third-order valence-corrected chi connectivity index (χ3v) is 4.22. The fraction of sp³-hybridized carbons (Fsp3) is 0.375. The van der Waals surface area contributed by atoms with Gasteiger partial charge in [0.15, 0.2) is 0 Å². The molecule has 1 aromatic heterocycles. The Hall–Kier alpha value is -1.61. The molecule has 1 atom stereocenters. The summed E-state index contributed by atoms with van der Waals surface area (Å²) in [7, 11) is 0. The van der Waals surface area contributed by atoms with Crippen molar-refractivity contribution in [2.75, 3.05) is 6.54 Å². The maximum absolute atomic E-state index is 12.8. The number of para-hydroxylation sites is 1. The van der Waals surface area contributed by atoms with Crippen molar-refractivity contribution in [3.05, 3.63) is 41.0 Å². The second kappa shape index (κ2) is 5.41. The van der Waals surface area contributed by atoms with Crippen LogP contribution in [-0.4, -0.2) is 28.4 Å². The third kappa shape index (κ3) is 2.27. The first-order valence-corrected chi connectivity index (χ1v) is 7.44. The summed E-state index contributed by atoms with van der Waals surface area (Å²) in [5.74, 6) is 0.0786. The van der Waals surface area contributed by atoms with Crippen LogP contribution >= 0.6 is 11.6 Å². The second-order valence-corrected chi connectivity index (χ2v) is 5.60. The largest absolute Gasteiger partial charge is 0.336 e. The number of likely N-dealkylation sites (tertiary alicyclic amines) is 1. The van der Waals surface area contributed by atoms with Gasteiger partial charge in [0, 0.05) is 18.0 Å². The molecule has 0 aliphatic carbocycles. The van der Waals surface area contributed by atoms with Crippen molar-refractivity contribution in [3.8, 4) is 0 Å². The monoisotopic (exact) mass is 288 g/mol. The number of pyridine rings is 1. The lowest BCUT2D eigenvalue weighted by atomic mass is 10.1. The molecule has 3 rings (SSSR count). The number of hydrogen-bond donors (Lipinski definition) is 0. The van der Waals surface area contributed by atoms with Crippen LogP contribution in [0.15, 0.2) is 30.3 Å². The van der Waals surface area contributed by atoms with Gasteiger partial charge in [-0.2, -0.15) is 0 Å². The van der Waals surface area contributed by atoms with Crippen LogP contribution in [0.5, 0.6) is 0 Å². The first-order chi connectivity index (χ1) is 9.70. The first-order valence-electron chi connectivity index (χ1n) is 7.07. The lowest BCUT2D eigenvalue weighted by Crippen LogP contribution is -2.35. The van der Waals surface area contributed by atoms with Gasteiger partial charge in [-0.05, 0) is 31.4 Å². The van der Waals surface area contributed by atoms with Crippen LogP contribution in [0, 0.1) is 0 Å². The van der Waals surface area contributed by atoms with Gasteiger partial charge in [0.2, 0.25) is 0 Å². The highest BCUT2D eigenvalue weighted by atomic mass is 35.5. The van der Waals surface area contributed by atoms with Gasteiger partial charge in [-0.25, -0.2) is 4.98 Å². The number of benzene rings is 1. The molecule has 2 aromatic rings. The van der Waals surface area contributed by atoms with Crippen molar-refractivity contribution in [1.82, 2.24) is 9.88 Å². The molecule has 104 valence electrons. The summed E-state index contributed by atoms with van der Waals surface area (Å²) in [4.78, 5) is 19.1. The molecule has 3 nitrogen and oxygen atoms in total. The topological polar surface area (TPSA) is 33.2 Å². The van der Waals surface area contributed by atoms with E-state index in [1.54, 1.807) is 6.07 Å². The molecule has 1 amide bonds. The maximum Gasteiger partial charge on any atom is 0.254 e. The van der Waals surface area contributed by atoms with Crippen molar-refractivity contribution in [2.45, 2.75) is 32.2 Å². The van der Waals surface area contributed by atoms with E-state index >= 15 is 0 Å². The van der Waals surface area contributed by atoms with E-state index in [9.17, 15) is 4.79 Å². The normalized spacial score (nSPS) is 18.7. The van der Waals surface area contributed by atoms with E-state index in [-0.39, 0.29) is 5.91 Å². The van der Waals surface area contributed by atoms with Gasteiger partial charge in [0.1, 0.15) is 5.15 Å². The van der Waals surface area contributed by atoms with Crippen LogP contribution in [0.3, 0.4) is 0 Å². The predicted octanol–water partition coefficient (Wildman–Crippen LogP) is 3.90. The van der Waals surface area contributed by atoms with Crippen LogP contribution < -0.4 is 0 Å². The number of carbonyl (C=O) groups excluding carboxylic acids is 1. The van der Waals surface area contributed by atoms with E-state index in [0.29, 0.717) is 16.8 Å². The number of hydrogen-bond acceptors (Lipinski definition) is 2. The molecule has 1 fully saturated rings. The fourth-order valence-corrected chi connectivity index (χ4v) is 3.20. The molecule has 1 saturated heterocycles. The number of fused-ring (bicyclic) bond motifs is 1. The standard InChI is InChI=1S/C16H17ClN2O/c1-2-11-6-5-9-19(11)16(20)13-10-15(17)18-14-8-4-3-7-12(13)14/h3-4,7-8,10-11H,2,5-6,9H2,1H3. The molecule has 1 aliphatic rings.